The van der Waals surface area contributed by atoms with Crippen LogP contribution in [-0.4, -0.2) is 71.7 Å². The van der Waals surface area contributed by atoms with Gasteiger partial charge in [-0.05, 0) is 26.2 Å². The molecule has 1 aromatic rings. The maximum Gasteiger partial charge on any atom is 0.208 e. The number of hydrogen-bond donors (Lipinski definition) is 1. The molecule has 3 rings (SSSR count). The van der Waals surface area contributed by atoms with Gasteiger partial charge in [0.05, 0.1) is 12.2 Å². The van der Waals surface area contributed by atoms with Crippen molar-refractivity contribution < 1.29 is 9.84 Å². The Morgan fingerprint density at radius 3 is 2.50 bits per heavy atom. The predicted molar refractivity (Wildman–Crippen MR) is 96.6 cm³/mol. The lowest BCUT2D eigenvalue weighted by atomic mass is 9.96. The summed E-state index contributed by atoms with van der Waals surface area (Å²) in [7, 11) is 0. The molecule has 4 atom stereocenters. The largest absolute Gasteiger partial charge is 0.396 e. The fraction of sp³-hybridized carbons (Fsp3) is 0.882. The number of aliphatic hydroxyl groups is 1. The van der Waals surface area contributed by atoms with E-state index in [-0.39, 0.29) is 6.61 Å². The van der Waals surface area contributed by atoms with E-state index in [2.05, 4.69) is 40.8 Å². The lowest BCUT2D eigenvalue weighted by molar-refractivity contribution is -0.0725. The minimum Gasteiger partial charge on any atom is -0.396 e. The number of ether oxygens (including phenoxy) is 1. The van der Waals surface area contributed by atoms with Gasteiger partial charge in [0.2, 0.25) is 5.13 Å². The highest BCUT2D eigenvalue weighted by Crippen LogP contribution is 2.31. The van der Waals surface area contributed by atoms with E-state index in [0.29, 0.717) is 24.0 Å². The van der Waals surface area contributed by atoms with Crippen molar-refractivity contribution in [1.29, 1.82) is 0 Å². The van der Waals surface area contributed by atoms with Crippen molar-refractivity contribution in [2.45, 2.75) is 45.8 Å². The predicted octanol–water partition coefficient (Wildman–Crippen LogP) is 1.64. The zero-order chi connectivity index (χ0) is 17.1. The molecule has 2 fully saturated rings. The fourth-order valence-electron chi connectivity index (χ4n) is 3.96. The van der Waals surface area contributed by atoms with Gasteiger partial charge in [-0.15, -0.1) is 10.2 Å². The second kappa shape index (κ2) is 8.08. The van der Waals surface area contributed by atoms with Crippen molar-refractivity contribution >= 4 is 16.5 Å². The molecule has 0 radical (unpaired) electrons. The van der Waals surface area contributed by atoms with E-state index in [4.69, 9.17) is 4.74 Å². The molecule has 4 unspecified atom stereocenters. The number of rotatable bonds is 6. The van der Waals surface area contributed by atoms with Gasteiger partial charge in [-0.2, -0.15) is 0 Å². The van der Waals surface area contributed by atoms with Crippen molar-refractivity contribution in [3.8, 4) is 0 Å². The summed E-state index contributed by atoms with van der Waals surface area (Å²) in [6.45, 7) is 11.5. The molecule has 7 heteroatoms. The van der Waals surface area contributed by atoms with Gasteiger partial charge in [0.1, 0.15) is 5.01 Å². The van der Waals surface area contributed by atoms with Crippen molar-refractivity contribution in [3.05, 3.63) is 5.01 Å². The fourth-order valence-corrected chi connectivity index (χ4v) is 4.92. The summed E-state index contributed by atoms with van der Waals surface area (Å²) >= 11 is 1.70. The van der Waals surface area contributed by atoms with Crippen LogP contribution in [0, 0.1) is 11.8 Å². The number of aryl methyl sites for hydroxylation is 1. The van der Waals surface area contributed by atoms with Crippen molar-refractivity contribution in [2.24, 2.45) is 11.8 Å². The maximum absolute atomic E-state index is 9.82. The topological polar surface area (TPSA) is 61.7 Å². The monoisotopic (exact) mass is 354 g/mol. The van der Waals surface area contributed by atoms with Gasteiger partial charge in [-0.1, -0.05) is 18.3 Å². The molecule has 24 heavy (non-hydrogen) atoms. The van der Waals surface area contributed by atoms with Crippen LogP contribution in [0.2, 0.25) is 0 Å². The van der Waals surface area contributed by atoms with E-state index in [1.54, 1.807) is 11.3 Å². The average molecular weight is 355 g/mol. The smallest absolute Gasteiger partial charge is 0.208 e. The van der Waals surface area contributed by atoms with Crippen molar-refractivity contribution in [3.63, 3.8) is 0 Å². The average Bonchev–Trinajstić information content (AvgIpc) is 3.13. The molecule has 1 N–H and O–H groups in total. The summed E-state index contributed by atoms with van der Waals surface area (Å²) in [5.74, 6) is 0.794. The third-order valence-corrected chi connectivity index (χ3v) is 6.03. The van der Waals surface area contributed by atoms with Crippen LogP contribution >= 0.6 is 11.3 Å². The van der Waals surface area contributed by atoms with Crippen molar-refractivity contribution in [1.82, 2.24) is 15.1 Å². The first-order valence-corrected chi connectivity index (χ1v) is 9.96. The highest BCUT2D eigenvalue weighted by Gasteiger charge is 2.36. The first-order chi connectivity index (χ1) is 11.6. The van der Waals surface area contributed by atoms with E-state index in [9.17, 15) is 5.11 Å². The Balaban J connectivity index is 1.61. The zero-order valence-corrected chi connectivity index (χ0v) is 15.8. The molecule has 3 heterocycles. The number of nitrogens with zero attached hydrogens (tertiary/aromatic N) is 4. The molecule has 6 nitrogen and oxygen atoms in total. The van der Waals surface area contributed by atoms with Crippen LogP contribution in [0.15, 0.2) is 0 Å². The van der Waals surface area contributed by atoms with E-state index in [1.165, 1.54) is 0 Å². The van der Waals surface area contributed by atoms with E-state index < -0.39 is 0 Å². The van der Waals surface area contributed by atoms with Gasteiger partial charge in [-0.25, -0.2) is 0 Å². The standard InChI is InChI=1S/C17H30N4O2S/c1-4-5-16-18-19-17(24-16)21-9-14(15(10-21)11-22)8-20-6-12(2)23-13(3)7-20/h12-15,22H,4-11H2,1-3H3. The van der Waals surface area contributed by atoms with E-state index in [1.807, 2.05) is 0 Å². The minimum absolute atomic E-state index is 0.247. The van der Waals surface area contributed by atoms with Crippen LogP contribution in [0.5, 0.6) is 0 Å². The molecule has 1 aromatic heterocycles. The summed E-state index contributed by atoms with van der Waals surface area (Å²) in [5, 5.41) is 20.6. The minimum atomic E-state index is 0.247. The third kappa shape index (κ3) is 4.25. The second-order valence-corrected chi connectivity index (χ2v) is 8.35. The summed E-state index contributed by atoms with van der Waals surface area (Å²) in [6.07, 6.45) is 2.68. The van der Waals surface area contributed by atoms with Crippen molar-refractivity contribution in [2.75, 3.05) is 44.2 Å². The lowest BCUT2D eigenvalue weighted by Gasteiger charge is -2.37. The highest BCUT2D eigenvalue weighted by atomic mass is 32.1. The molecular weight excluding hydrogens is 324 g/mol. The molecule has 0 saturated carbocycles. The summed E-state index contributed by atoms with van der Waals surface area (Å²) in [6, 6.07) is 0. The number of morpholine rings is 1. The van der Waals surface area contributed by atoms with Crippen LogP contribution in [0.3, 0.4) is 0 Å². The van der Waals surface area contributed by atoms with E-state index >= 15 is 0 Å². The van der Waals surface area contributed by atoms with Crippen LogP contribution < -0.4 is 4.90 Å². The molecule has 136 valence electrons. The molecular formula is C17H30N4O2S. The Kier molecular flexibility index (Phi) is 6.07. The Morgan fingerprint density at radius 2 is 1.83 bits per heavy atom. The lowest BCUT2D eigenvalue weighted by Crippen LogP contribution is -2.48. The second-order valence-electron chi connectivity index (χ2n) is 7.31. The number of anilines is 1. The highest BCUT2D eigenvalue weighted by molar-refractivity contribution is 7.15. The molecule has 2 aliphatic rings. The zero-order valence-electron chi connectivity index (χ0n) is 15.0. The third-order valence-electron chi connectivity index (χ3n) is 4.99. The quantitative estimate of drug-likeness (QED) is 0.838. The van der Waals surface area contributed by atoms with Gasteiger partial charge in [0.25, 0.3) is 0 Å². The number of aliphatic hydroxyl groups excluding tert-OH is 1. The Morgan fingerprint density at radius 1 is 1.12 bits per heavy atom. The van der Waals surface area contributed by atoms with Gasteiger partial charge >= 0.3 is 0 Å². The molecule has 2 saturated heterocycles. The molecule has 2 aliphatic heterocycles. The SMILES string of the molecule is CCCc1nnc(N2CC(CO)C(CN3CC(C)OC(C)C3)C2)s1. The van der Waals surface area contributed by atoms with Crippen LogP contribution in [0.4, 0.5) is 5.13 Å². The summed E-state index contributed by atoms with van der Waals surface area (Å²) < 4.78 is 5.83. The first kappa shape index (κ1) is 18.0. The summed E-state index contributed by atoms with van der Waals surface area (Å²) in [4.78, 5) is 4.81. The molecule has 0 spiro atoms. The maximum atomic E-state index is 9.82. The van der Waals surface area contributed by atoms with Gasteiger partial charge < -0.3 is 14.7 Å². The van der Waals surface area contributed by atoms with Crippen LogP contribution in [0.25, 0.3) is 0 Å². The number of aromatic nitrogens is 2. The molecule has 0 bridgehead atoms. The molecule has 0 aromatic carbocycles. The van der Waals surface area contributed by atoms with Gasteiger partial charge in [0, 0.05) is 51.7 Å². The van der Waals surface area contributed by atoms with Crippen LogP contribution in [0.1, 0.15) is 32.2 Å². The van der Waals surface area contributed by atoms with Crippen LogP contribution in [-0.2, 0) is 11.2 Å². The Bertz CT molecular complexity index is 516. The first-order valence-electron chi connectivity index (χ1n) is 9.15. The Labute approximate surface area is 148 Å². The van der Waals surface area contributed by atoms with E-state index in [0.717, 1.165) is 55.7 Å². The molecule has 0 amide bonds. The normalized spacial score (nSPS) is 31.8. The molecule has 0 aliphatic carbocycles. The van der Waals surface area contributed by atoms with Gasteiger partial charge in [0.15, 0.2) is 0 Å². The number of hydrogen-bond acceptors (Lipinski definition) is 7. The Hall–Kier alpha value is -0.760. The van der Waals surface area contributed by atoms with Gasteiger partial charge in [-0.3, -0.25) is 4.90 Å². The summed E-state index contributed by atoms with van der Waals surface area (Å²) in [5.41, 5.74) is 0.